The molecule has 0 aliphatic rings. The second-order valence-electron chi connectivity index (χ2n) is 6.03. The van der Waals surface area contributed by atoms with Crippen LogP contribution in [-0.2, 0) is 6.42 Å². The lowest BCUT2D eigenvalue weighted by atomic mass is 10.1. The van der Waals surface area contributed by atoms with Crippen molar-refractivity contribution in [2.75, 3.05) is 20.8 Å². The fourth-order valence-corrected chi connectivity index (χ4v) is 3.71. The van der Waals surface area contributed by atoms with Crippen molar-refractivity contribution in [1.29, 1.82) is 0 Å². The number of thiazole rings is 1. The summed E-state index contributed by atoms with van der Waals surface area (Å²) >= 11 is 1.43. The Hall–Kier alpha value is -2.87. The molecule has 1 N–H and O–H groups in total. The third kappa shape index (κ3) is 3.66. The van der Waals surface area contributed by atoms with Gasteiger partial charge in [0.25, 0.3) is 11.5 Å². The number of carbonyl (C=O) groups excluding carboxylic acids is 1. The summed E-state index contributed by atoms with van der Waals surface area (Å²) in [5, 5.41) is 2.78. The molecular weight excluding hydrogens is 366 g/mol. The third-order valence-electron chi connectivity index (χ3n) is 4.41. The molecule has 0 saturated heterocycles. The Bertz CT molecular complexity index is 1060. The molecule has 0 bridgehead atoms. The van der Waals surface area contributed by atoms with E-state index in [9.17, 15) is 9.59 Å². The molecule has 7 nitrogen and oxygen atoms in total. The van der Waals surface area contributed by atoms with Crippen LogP contribution in [0.5, 0.6) is 11.5 Å². The van der Waals surface area contributed by atoms with Crippen LogP contribution in [0.4, 0.5) is 0 Å². The summed E-state index contributed by atoms with van der Waals surface area (Å²) in [6.07, 6.45) is 1.94. The number of carbonyl (C=O) groups is 1. The van der Waals surface area contributed by atoms with Gasteiger partial charge in [0.05, 0.1) is 14.2 Å². The van der Waals surface area contributed by atoms with Gasteiger partial charge in [-0.25, -0.2) is 4.98 Å². The maximum absolute atomic E-state index is 12.6. The highest BCUT2D eigenvalue weighted by Gasteiger charge is 2.16. The van der Waals surface area contributed by atoms with E-state index in [0.717, 1.165) is 16.1 Å². The fraction of sp³-hybridized carbons (Fsp3) is 0.316. The van der Waals surface area contributed by atoms with E-state index >= 15 is 0 Å². The topological polar surface area (TPSA) is 81.9 Å². The van der Waals surface area contributed by atoms with Gasteiger partial charge >= 0.3 is 0 Å². The Morgan fingerprint density at radius 3 is 2.67 bits per heavy atom. The SMILES string of the molecule is COc1ccc(CCNC(=O)c2cnc3sc(C)c(C)n3c2=O)cc1OC. The summed E-state index contributed by atoms with van der Waals surface area (Å²) in [6, 6.07) is 5.60. The Morgan fingerprint density at radius 1 is 1.22 bits per heavy atom. The number of benzene rings is 1. The molecule has 0 saturated carbocycles. The van der Waals surface area contributed by atoms with Gasteiger partial charge in [0, 0.05) is 23.3 Å². The van der Waals surface area contributed by atoms with Crippen LogP contribution in [0.1, 0.15) is 26.5 Å². The number of hydrogen-bond donors (Lipinski definition) is 1. The number of aryl methyl sites for hydroxylation is 2. The molecule has 2 aromatic heterocycles. The minimum Gasteiger partial charge on any atom is -0.493 e. The monoisotopic (exact) mass is 387 g/mol. The zero-order valence-electron chi connectivity index (χ0n) is 15.7. The number of nitrogens with one attached hydrogen (secondary N) is 1. The molecule has 8 heteroatoms. The normalized spacial score (nSPS) is 10.8. The minimum absolute atomic E-state index is 0.0423. The van der Waals surface area contributed by atoms with E-state index in [1.807, 2.05) is 32.0 Å². The number of nitrogens with zero attached hydrogens (tertiary/aromatic N) is 2. The summed E-state index contributed by atoms with van der Waals surface area (Å²) in [4.78, 5) is 30.9. The summed E-state index contributed by atoms with van der Waals surface area (Å²) in [5.41, 5.74) is 1.50. The van der Waals surface area contributed by atoms with Crippen LogP contribution in [-0.4, -0.2) is 36.1 Å². The van der Waals surface area contributed by atoms with E-state index in [-0.39, 0.29) is 11.1 Å². The minimum atomic E-state index is -0.425. The Kier molecular flexibility index (Phi) is 5.46. The van der Waals surface area contributed by atoms with E-state index in [4.69, 9.17) is 9.47 Å². The molecule has 0 radical (unpaired) electrons. The zero-order valence-corrected chi connectivity index (χ0v) is 16.5. The largest absolute Gasteiger partial charge is 0.493 e. The molecule has 0 atom stereocenters. The van der Waals surface area contributed by atoms with Gasteiger partial charge in [-0.05, 0) is 38.0 Å². The average molecular weight is 387 g/mol. The van der Waals surface area contributed by atoms with Gasteiger partial charge in [0.15, 0.2) is 16.5 Å². The van der Waals surface area contributed by atoms with Crippen LogP contribution < -0.4 is 20.3 Å². The molecule has 1 amide bonds. The van der Waals surface area contributed by atoms with E-state index < -0.39 is 5.91 Å². The van der Waals surface area contributed by atoms with Crippen LogP contribution >= 0.6 is 11.3 Å². The Labute approximate surface area is 160 Å². The molecule has 3 aromatic rings. The van der Waals surface area contributed by atoms with Crippen LogP contribution in [0.15, 0.2) is 29.2 Å². The van der Waals surface area contributed by atoms with Crippen molar-refractivity contribution >= 4 is 22.2 Å². The van der Waals surface area contributed by atoms with Gasteiger partial charge in [0.1, 0.15) is 5.56 Å². The van der Waals surface area contributed by atoms with Crippen molar-refractivity contribution in [2.45, 2.75) is 20.3 Å². The number of fused-ring (bicyclic) bond motifs is 1. The highest BCUT2D eigenvalue weighted by molar-refractivity contribution is 7.17. The number of ether oxygens (including phenoxy) is 2. The molecule has 0 fully saturated rings. The van der Waals surface area contributed by atoms with E-state index in [2.05, 4.69) is 10.3 Å². The average Bonchev–Trinajstić information content (AvgIpc) is 2.96. The van der Waals surface area contributed by atoms with E-state index in [0.29, 0.717) is 29.4 Å². The first-order valence-corrected chi connectivity index (χ1v) is 9.24. The standard InChI is InChI=1S/C19H21N3O4S/c1-11-12(2)27-19-21-10-14(18(24)22(11)19)17(23)20-8-7-13-5-6-15(25-3)16(9-13)26-4/h5-6,9-10H,7-8H2,1-4H3,(H,20,23). The molecule has 3 rings (SSSR count). The van der Waals surface area contributed by atoms with Crippen molar-refractivity contribution in [3.63, 3.8) is 0 Å². The molecular formula is C19H21N3O4S. The van der Waals surface area contributed by atoms with Crippen LogP contribution in [0.25, 0.3) is 4.96 Å². The van der Waals surface area contributed by atoms with Crippen LogP contribution in [0.3, 0.4) is 0 Å². The van der Waals surface area contributed by atoms with Crippen molar-refractivity contribution < 1.29 is 14.3 Å². The highest BCUT2D eigenvalue weighted by Crippen LogP contribution is 2.27. The second-order valence-corrected chi connectivity index (χ2v) is 7.22. The third-order valence-corrected chi connectivity index (χ3v) is 5.48. The lowest BCUT2D eigenvalue weighted by Crippen LogP contribution is -2.32. The Balaban J connectivity index is 1.71. The molecule has 2 heterocycles. The van der Waals surface area contributed by atoms with Crippen LogP contribution in [0, 0.1) is 13.8 Å². The smallest absolute Gasteiger partial charge is 0.271 e. The fourth-order valence-electron chi connectivity index (χ4n) is 2.78. The maximum atomic E-state index is 12.6. The molecule has 0 aliphatic heterocycles. The second kappa shape index (κ2) is 7.79. The summed E-state index contributed by atoms with van der Waals surface area (Å²) in [7, 11) is 3.16. The molecule has 1 aromatic carbocycles. The maximum Gasteiger partial charge on any atom is 0.271 e. The summed E-state index contributed by atoms with van der Waals surface area (Å²) in [6.45, 7) is 4.16. The van der Waals surface area contributed by atoms with Gasteiger partial charge in [-0.2, -0.15) is 0 Å². The van der Waals surface area contributed by atoms with Gasteiger partial charge in [-0.3, -0.25) is 14.0 Å². The highest BCUT2D eigenvalue weighted by atomic mass is 32.1. The van der Waals surface area contributed by atoms with Gasteiger partial charge < -0.3 is 14.8 Å². The van der Waals surface area contributed by atoms with Crippen LogP contribution in [0.2, 0.25) is 0 Å². The number of rotatable bonds is 6. The van der Waals surface area contributed by atoms with E-state index in [1.165, 1.54) is 21.9 Å². The van der Waals surface area contributed by atoms with Crippen molar-refractivity contribution in [3.8, 4) is 11.5 Å². The van der Waals surface area contributed by atoms with E-state index in [1.54, 1.807) is 14.2 Å². The van der Waals surface area contributed by atoms with Crippen molar-refractivity contribution in [3.05, 3.63) is 56.4 Å². The number of hydrogen-bond acceptors (Lipinski definition) is 6. The lowest BCUT2D eigenvalue weighted by Gasteiger charge is -2.10. The lowest BCUT2D eigenvalue weighted by molar-refractivity contribution is 0.0952. The molecule has 0 unspecified atom stereocenters. The number of aromatic nitrogens is 2. The zero-order chi connectivity index (χ0) is 19.6. The first-order valence-electron chi connectivity index (χ1n) is 8.43. The quantitative estimate of drug-likeness (QED) is 0.702. The number of amides is 1. The van der Waals surface area contributed by atoms with Gasteiger partial charge in [-0.1, -0.05) is 6.07 Å². The first-order chi connectivity index (χ1) is 13.0. The van der Waals surface area contributed by atoms with Gasteiger partial charge in [-0.15, -0.1) is 11.3 Å². The van der Waals surface area contributed by atoms with Gasteiger partial charge in [0.2, 0.25) is 0 Å². The molecule has 0 spiro atoms. The van der Waals surface area contributed by atoms with Crippen molar-refractivity contribution in [2.24, 2.45) is 0 Å². The predicted molar refractivity (Wildman–Crippen MR) is 104 cm³/mol. The summed E-state index contributed by atoms with van der Waals surface area (Å²) < 4.78 is 12.0. The molecule has 0 aliphatic carbocycles. The molecule has 142 valence electrons. The van der Waals surface area contributed by atoms with Crippen molar-refractivity contribution in [1.82, 2.24) is 14.7 Å². The number of methoxy groups -OCH3 is 2. The Morgan fingerprint density at radius 2 is 1.96 bits per heavy atom. The molecule has 27 heavy (non-hydrogen) atoms. The summed E-state index contributed by atoms with van der Waals surface area (Å²) in [5.74, 6) is 0.863. The first kappa shape index (κ1) is 18.9. The predicted octanol–water partition coefficient (Wildman–Crippen LogP) is 2.36.